The van der Waals surface area contributed by atoms with Gasteiger partial charge in [0.15, 0.2) is 0 Å². The Hall–Kier alpha value is -0.930. The molecule has 1 rings (SSSR count). The van der Waals surface area contributed by atoms with Crippen molar-refractivity contribution in [3.8, 4) is 0 Å². The molecular weight excluding hydrogens is 229 g/mol. The lowest BCUT2D eigenvalue weighted by Crippen LogP contribution is -2.48. The fourth-order valence-corrected chi connectivity index (χ4v) is 2.25. The summed E-state index contributed by atoms with van der Waals surface area (Å²) in [5.41, 5.74) is 1.87. The zero-order valence-electron chi connectivity index (χ0n) is 12.0. The van der Waals surface area contributed by atoms with Crippen LogP contribution in [0.15, 0.2) is 18.2 Å². The van der Waals surface area contributed by atoms with Crippen LogP contribution in [0.2, 0.25) is 0 Å². The van der Waals surface area contributed by atoms with E-state index in [1.54, 1.807) is 6.07 Å². The second kappa shape index (κ2) is 6.30. The predicted molar refractivity (Wildman–Crippen MR) is 73.4 cm³/mol. The van der Waals surface area contributed by atoms with Gasteiger partial charge in [-0.1, -0.05) is 6.07 Å². The summed E-state index contributed by atoms with van der Waals surface area (Å²) in [5, 5.41) is 3.27. The largest absolute Gasteiger partial charge is 0.374 e. The van der Waals surface area contributed by atoms with Crippen LogP contribution < -0.4 is 5.32 Å². The minimum absolute atomic E-state index is 0.151. The minimum atomic E-state index is -0.276. The summed E-state index contributed by atoms with van der Waals surface area (Å²) < 4.78 is 19.1. The first-order valence-electron chi connectivity index (χ1n) is 6.47. The molecule has 0 spiro atoms. The third-order valence-electron chi connectivity index (χ3n) is 3.44. The van der Waals surface area contributed by atoms with Crippen LogP contribution in [-0.4, -0.2) is 25.3 Å². The fraction of sp³-hybridized carbons (Fsp3) is 0.600. The zero-order chi connectivity index (χ0) is 13.8. The first kappa shape index (κ1) is 15.1. The maximum Gasteiger partial charge on any atom is 0.123 e. The molecule has 0 aliphatic carbocycles. The maximum atomic E-state index is 13.3. The van der Waals surface area contributed by atoms with E-state index >= 15 is 0 Å². The average molecular weight is 253 g/mol. The predicted octanol–water partition coefficient (Wildman–Crippen LogP) is 3.08. The molecule has 0 saturated heterocycles. The van der Waals surface area contributed by atoms with E-state index in [1.807, 2.05) is 27.0 Å². The molecule has 0 heterocycles. The van der Waals surface area contributed by atoms with Gasteiger partial charge in [-0.3, -0.25) is 0 Å². The van der Waals surface area contributed by atoms with Gasteiger partial charge in [0, 0.05) is 12.6 Å². The van der Waals surface area contributed by atoms with E-state index in [2.05, 4.69) is 19.2 Å². The highest BCUT2D eigenvalue weighted by atomic mass is 19.1. The van der Waals surface area contributed by atoms with E-state index in [0.717, 1.165) is 17.5 Å². The summed E-state index contributed by atoms with van der Waals surface area (Å²) in [7, 11) is 1.92. The molecule has 18 heavy (non-hydrogen) atoms. The number of aryl methyl sites for hydroxylation is 1. The van der Waals surface area contributed by atoms with Crippen LogP contribution in [0.4, 0.5) is 4.39 Å². The van der Waals surface area contributed by atoms with Crippen molar-refractivity contribution < 1.29 is 9.13 Å². The van der Waals surface area contributed by atoms with E-state index in [9.17, 15) is 4.39 Å². The average Bonchev–Trinajstić information content (AvgIpc) is 2.29. The van der Waals surface area contributed by atoms with E-state index in [4.69, 9.17) is 4.74 Å². The van der Waals surface area contributed by atoms with Crippen LogP contribution >= 0.6 is 0 Å². The van der Waals surface area contributed by atoms with Gasteiger partial charge in [-0.2, -0.15) is 0 Å². The molecule has 3 heteroatoms. The van der Waals surface area contributed by atoms with Crippen molar-refractivity contribution in [3.63, 3.8) is 0 Å². The monoisotopic (exact) mass is 253 g/mol. The van der Waals surface area contributed by atoms with Crippen molar-refractivity contribution in [2.75, 3.05) is 13.7 Å². The summed E-state index contributed by atoms with van der Waals surface area (Å²) in [6, 6.07) is 5.09. The molecule has 1 aromatic rings. The van der Waals surface area contributed by atoms with Crippen molar-refractivity contribution in [1.29, 1.82) is 0 Å². The second-order valence-electron chi connectivity index (χ2n) is 5.15. The molecule has 102 valence electrons. The van der Waals surface area contributed by atoms with Gasteiger partial charge in [0.1, 0.15) is 5.82 Å². The smallest absolute Gasteiger partial charge is 0.123 e. The molecule has 2 nitrogen and oxygen atoms in total. The molecule has 0 aromatic heterocycles. The third-order valence-corrected chi connectivity index (χ3v) is 3.44. The fourth-order valence-electron chi connectivity index (χ4n) is 2.25. The molecule has 0 bridgehead atoms. The topological polar surface area (TPSA) is 21.3 Å². The van der Waals surface area contributed by atoms with Gasteiger partial charge in [0.05, 0.1) is 5.60 Å². The number of ether oxygens (including phenoxy) is 1. The van der Waals surface area contributed by atoms with E-state index in [-0.39, 0.29) is 17.5 Å². The summed E-state index contributed by atoms with van der Waals surface area (Å²) >= 11 is 0. The van der Waals surface area contributed by atoms with Crippen molar-refractivity contribution in [2.24, 2.45) is 0 Å². The van der Waals surface area contributed by atoms with Gasteiger partial charge >= 0.3 is 0 Å². The molecule has 0 amide bonds. The lowest BCUT2D eigenvalue weighted by Gasteiger charge is -2.34. The Balaban J connectivity index is 2.89. The molecule has 0 aliphatic heterocycles. The van der Waals surface area contributed by atoms with Gasteiger partial charge in [0.25, 0.3) is 0 Å². The third kappa shape index (κ3) is 3.79. The maximum absolute atomic E-state index is 13.3. The SMILES string of the molecule is CCOC(C)(C)C(Cc1cc(F)ccc1C)NC. The minimum Gasteiger partial charge on any atom is -0.374 e. The van der Waals surface area contributed by atoms with Crippen molar-refractivity contribution in [3.05, 3.63) is 35.1 Å². The van der Waals surface area contributed by atoms with Crippen molar-refractivity contribution >= 4 is 0 Å². The molecule has 0 aliphatic rings. The number of halogens is 1. The van der Waals surface area contributed by atoms with Crippen LogP contribution in [-0.2, 0) is 11.2 Å². The van der Waals surface area contributed by atoms with E-state index in [1.165, 1.54) is 6.07 Å². The number of hydrogen-bond donors (Lipinski definition) is 1. The van der Waals surface area contributed by atoms with Gasteiger partial charge < -0.3 is 10.1 Å². The van der Waals surface area contributed by atoms with Gasteiger partial charge in [0.2, 0.25) is 0 Å². The van der Waals surface area contributed by atoms with Crippen molar-refractivity contribution in [2.45, 2.75) is 45.8 Å². The number of benzene rings is 1. The molecule has 1 unspecified atom stereocenters. The Morgan fingerprint density at radius 1 is 1.39 bits per heavy atom. The molecule has 0 radical (unpaired) electrons. The van der Waals surface area contributed by atoms with Gasteiger partial charge in [-0.15, -0.1) is 0 Å². The Morgan fingerprint density at radius 2 is 2.06 bits per heavy atom. The van der Waals surface area contributed by atoms with Crippen LogP contribution in [0.5, 0.6) is 0 Å². The highest BCUT2D eigenvalue weighted by Gasteiger charge is 2.29. The Labute approximate surface area is 110 Å². The zero-order valence-corrected chi connectivity index (χ0v) is 12.0. The molecule has 1 N–H and O–H groups in total. The number of hydrogen-bond acceptors (Lipinski definition) is 2. The first-order chi connectivity index (χ1) is 8.40. The highest BCUT2D eigenvalue weighted by molar-refractivity contribution is 5.27. The van der Waals surface area contributed by atoms with Crippen LogP contribution in [0.1, 0.15) is 31.9 Å². The van der Waals surface area contributed by atoms with Crippen LogP contribution in [0.25, 0.3) is 0 Å². The van der Waals surface area contributed by atoms with Crippen LogP contribution in [0, 0.1) is 12.7 Å². The molecule has 0 fully saturated rings. The summed E-state index contributed by atoms with van der Waals surface area (Å²) in [5.74, 6) is -0.181. The Bertz CT molecular complexity index is 390. The van der Waals surface area contributed by atoms with E-state index < -0.39 is 0 Å². The summed E-state index contributed by atoms with van der Waals surface area (Å²) in [6.45, 7) is 8.79. The molecule has 1 aromatic carbocycles. The first-order valence-corrected chi connectivity index (χ1v) is 6.47. The number of rotatable bonds is 6. The molecule has 1 atom stereocenters. The van der Waals surface area contributed by atoms with Crippen molar-refractivity contribution in [1.82, 2.24) is 5.32 Å². The number of nitrogens with one attached hydrogen (secondary N) is 1. The summed E-state index contributed by atoms with van der Waals surface area (Å²) in [6.07, 6.45) is 0.757. The second-order valence-corrected chi connectivity index (χ2v) is 5.15. The quantitative estimate of drug-likeness (QED) is 0.841. The molecular formula is C15H24FNO. The summed E-state index contributed by atoms with van der Waals surface area (Å²) in [4.78, 5) is 0. The normalized spacial score (nSPS) is 13.7. The Kier molecular flexibility index (Phi) is 5.29. The van der Waals surface area contributed by atoms with E-state index in [0.29, 0.717) is 6.61 Å². The van der Waals surface area contributed by atoms with Gasteiger partial charge in [-0.05, 0) is 64.4 Å². The molecule has 0 saturated carbocycles. The highest BCUT2D eigenvalue weighted by Crippen LogP contribution is 2.21. The van der Waals surface area contributed by atoms with Gasteiger partial charge in [-0.25, -0.2) is 4.39 Å². The number of likely N-dealkylation sites (N-methyl/N-ethyl adjacent to an activating group) is 1. The van der Waals surface area contributed by atoms with Crippen LogP contribution in [0.3, 0.4) is 0 Å². The Morgan fingerprint density at radius 3 is 2.61 bits per heavy atom. The lowest BCUT2D eigenvalue weighted by molar-refractivity contribution is -0.0363. The standard InChI is InChI=1S/C15H24FNO/c1-6-18-15(3,4)14(17-5)10-12-9-13(16)8-7-11(12)2/h7-9,14,17H,6,10H2,1-5H3. The lowest BCUT2D eigenvalue weighted by atomic mass is 9.90.